The molecule has 2 aliphatic heterocycles. The average Bonchev–Trinajstić information content (AvgIpc) is 3.00. The Morgan fingerprint density at radius 1 is 1.16 bits per heavy atom. The Kier molecular flexibility index (Phi) is 4.28. The highest BCUT2D eigenvalue weighted by Gasteiger charge is 2.11. The lowest BCUT2D eigenvalue weighted by Crippen LogP contribution is -2.11. The molecule has 1 N–H and O–H groups in total. The van der Waals surface area contributed by atoms with Gasteiger partial charge in [-0.15, -0.1) is 0 Å². The number of para-hydroxylation sites is 1. The van der Waals surface area contributed by atoms with Gasteiger partial charge in [0.2, 0.25) is 5.91 Å². The third-order valence-electron chi connectivity index (χ3n) is 2.82. The van der Waals surface area contributed by atoms with Crippen LogP contribution in [-0.2, 0) is 4.79 Å². The molecule has 2 aliphatic rings. The third kappa shape index (κ3) is 3.91. The summed E-state index contributed by atoms with van der Waals surface area (Å²) < 4.78 is 0. The van der Waals surface area contributed by atoms with E-state index < -0.39 is 0 Å². The average molecular weight is 258 g/mol. The van der Waals surface area contributed by atoms with Gasteiger partial charge in [0.15, 0.2) is 0 Å². The number of carbonyl (C=O) groups excluding carboxylic acids is 1. The maximum atomic E-state index is 10.2. The molecule has 5 nitrogen and oxygen atoms in total. The van der Waals surface area contributed by atoms with E-state index in [4.69, 9.17) is 0 Å². The number of amides is 1. The largest absolute Gasteiger partial charge is 0.273 e. The number of nitrogens with one attached hydrogen (secondary N) is 1. The zero-order valence-electron chi connectivity index (χ0n) is 11.3. The van der Waals surface area contributed by atoms with Crippen molar-refractivity contribution < 1.29 is 4.79 Å². The molecular formula is C14H18N4O. The fourth-order valence-electron chi connectivity index (χ4n) is 1.83. The first-order valence-electron chi connectivity index (χ1n) is 6.34. The van der Waals surface area contributed by atoms with Crippen LogP contribution in [-0.4, -0.2) is 23.9 Å². The summed E-state index contributed by atoms with van der Waals surface area (Å²) in [6, 6.07) is 10.3. The van der Waals surface area contributed by atoms with Gasteiger partial charge in [0, 0.05) is 24.4 Å². The van der Waals surface area contributed by atoms with Gasteiger partial charge in [0.1, 0.15) is 0 Å². The number of rotatable bonds is 1. The van der Waals surface area contributed by atoms with Crippen molar-refractivity contribution in [3.8, 4) is 0 Å². The summed E-state index contributed by atoms with van der Waals surface area (Å²) in [5.41, 5.74) is 5.59. The Balaban J connectivity index is 0.000000163. The van der Waals surface area contributed by atoms with Crippen LogP contribution in [0.5, 0.6) is 0 Å². The number of hydrazone groups is 2. The SMILES string of the molecule is CC1=NN(c2ccccc2)CC1.CC1=NNC(=O)C1. The summed E-state index contributed by atoms with van der Waals surface area (Å²) in [6.07, 6.45) is 1.56. The quantitative estimate of drug-likeness (QED) is 0.839. The van der Waals surface area contributed by atoms with Gasteiger partial charge >= 0.3 is 0 Å². The van der Waals surface area contributed by atoms with E-state index in [1.165, 1.54) is 11.4 Å². The van der Waals surface area contributed by atoms with E-state index in [9.17, 15) is 4.79 Å². The van der Waals surface area contributed by atoms with Gasteiger partial charge in [-0.3, -0.25) is 9.80 Å². The van der Waals surface area contributed by atoms with E-state index in [0.29, 0.717) is 6.42 Å². The maximum Gasteiger partial charge on any atom is 0.245 e. The second kappa shape index (κ2) is 6.13. The molecule has 19 heavy (non-hydrogen) atoms. The van der Waals surface area contributed by atoms with Gasteiger partial charge in [0.25, 0.3) is 0 Å². The number of hydrogen-bond donors (Lipinski definition) is 1. The van der Waals surface area contributed by atoms with Crippen LogP contribution in [0.3, 0.4) is 0 Å². The number of nitrogens with zero attached hydrogens (tertiary/aromatic N) is 3. The molecule has 3 rings (SSSR count). The molecule has 0 bridgehead atoms. The molecule has 1 aromatic carbocycles. The van der Waals surface area contributed by atoms with Gasteiger partial charge in [-0.1, -0.05) is 18.2 Å². The maximum absolute atomic E-state index is 10.2. The molecule has 0 aliphatic carbocycles. The minimum Gasteiger partial charge on any atom is -0.273 e. The zero-order chi connectivity index (χ0) is 13.7. The highest BCUT2D eigenvalue weighted by molar-refractivity contribution is 6.03. The standard InChI is InChI=1S/C10H12N2.C4H6N2O/c1-9-7-8-12(11-9)10-5-3-2-4-6-10;1-3-2-4(7)6-5-3/h2-6H,7-8H2,1H3;2H2,1H3,(H,6,7). The van der Waals surface area contributed by atoms with Crippen molar-refractivity contribution in [1.29, 1.82) is 0 Å². The van der Waals surface area contributed by atoms with Gasteiger partial charge < -0.3 is 0 Å². The molecule has 100 valence electrons. The fourth-order valence-corrected chi connectivity index (χ4v) is 1.83. The molecule has 0 aromatic heterocycles. The Labute approximate surface area is 113 Å². The van der Waals surface area contributed by atoms with Crippen LogP contribution in [0.4, 0.5) is 5.69 Å². The number of anilines is 1. The lowest BCUT2D eigenvalue weighted by Gasteiger charge is -2.12. The highest BCUT2D eigenvalue weighted by Crippen LogP contribution is 2.17. The first-order valence-corrected chi connectivity index (χ1v) is 6.34. The second-order valence-electron chi connectivity index (χ2n) is 4.60. The summed E-state index contributed by atoms with van der Waals surface area (Å²) in [5.74, 6) is -0.00231. The first kappa shape index (κ1) is 13.3. The minimum absolute atomic E-state index is 0.00231. The smallest absolute Gasteiger partial charge is 0.245 e. The number of carbonyl (C=O) groups is 1. The van der Waals surface area contributed by atoms with Crippen molar-refractivity contribution in [2.75, 3.05) is 11.6 Å². The van der Waals surface area contributed by atoms with E-state index in [-0.39, 0.29) is 5.91 Å². The van der Waals surface area contributed by atoms with Crippen molar-refractivity contribution in [1.82, 2.24) is 5.43 Å². The first-order chi connectivity index (χ1) is 9.15. The van der Waals surface area contributed by atoms with Crippen LogP contribution in [0.25, 0.3) is 0 Å². The molecular weight excluding hydrogens is 240 g/mol. The van der Waals surface area contributed by atoms with E-state index in [2.05, 4.69) is 39.7 Å². The number of benzene rings is 1. The lowest BCUT2D eigenvalue weighted by atomic mass is 10.3. The molecule has 0 radical (unpaired) electrons. The van der Waals surface area contributed by atoms with E-state index in [1.54, 1.807) is 0 Å². The fraction of sp³-hybridized carbons (Fsp3) is 0.357. The van der Waals surface area contributed by atoms with E-state index >= 15 is 0 Å². The van der Waals surface area contributed by atoms with Crippen molar-refractivity contribution in [3.63, 3.8) is 0 Å². The van der Waals surface area contributed by atoms with Crippen molar-refractivity contribution >= 4 is 23.0 Å². The van der Waals surface area contributed by atoms with E-state index in [0.717, 1.165) is 18.7 Å². The minimum atomic E-state index is -0.00231. The molecule has 1 amide bonds. The second-order valence-corrected chi connectivity index (χ2v) is 4.60. The van der Waals surface area contributed by atoms with Gasteiger partial charge in [-0.25, -0.2) is 5.43 Å². The molecule has 0 atom stereocenters. The lowest BCUT2D eigenvalue weighted by molar-refractivity contribution is -0.119. The van der Waals surface area contributed by atoms with Crippen molar-refractivity contribution in [2.45, 2.75) is 26.7 Å². The molecule has 0 spiro atoms. The predicted molar refractivity (Wildman–Crippen MR) is 77.4 cm³/mol. The number of hydrogen-bond acceptors (Lipinski definition) is 4. The molecule has 0 fully saturated rings. The normalized spacial score (nSPS) is 17.4. The van der Waals surface area contributed by atoms with Crippen LogP contribution in [0, 0.1) is 0 Å². The topological polar surface area (TPSA) is 57.1 Å². The molecule has 2 heterocycles. The molecule has 0 unspecified atom stereocenters. The Hall–Kier alpha value is -2.17. The Bertz CT molecular complexity index is 507. The molecule has 5 heteroatoms. The summed E-state index contributed by atoms with van der Waals surface area (Å²) in [4.78, 5) is 10.2. The van der Waals surface area contributed by atoms with Crippen LogP contribution in [0.1, 0.15) is 26.7 Å². The zero-order valence-corrected chi connectivity index (χ0v) is 11.3. The summed E-state index contributed by atoms with van der Waals surface area (Å²) in [7, 11) is 0. The molecule has 0 saturated heterocycles. The molecule has 0 saturated carbocycles. The van der Waals surface area contributed by atoms with Crippen LogP contribution < -0.4 is 10.4 Å². The Morgan fingerprint density at radius 3 is 2.32 bits per heavy atom. The Morgan fingerprint density at radius 2 is 1.89 bits per heavy atom. The van der Waals surface area contributed by atoms with Crippen LogP contribution in [0.2, 0.25) is 0 Å². The van der Waals surface area contributed by atoms with Crippen molar-refractivity contribution in [2.24, 2.45) is 10.2 Å². The van der Waals surface area contributed by atoms with Crippen molar-refractivity contribution in [3.05, 3.63) is 30.3 Å². The van der Waals surface area contributed by atoms with Crippen LogP contribution >= 0.6 is 0 Å². The van der Waals surface area contributed by atoms with Gasteiger partial charge in [0.05, 0.1) is 12.1 Å². The summed E-state index contributed by atoms with van der Waals surface area (Å²) in [5, 5.41) is 10.1. The third-order valence-corrected chi connectivity index (χ3v) is 2.82. The summed E-state index contributed by atoms with van der Waals surface area (Å²) >= 11 is 0. The molecule has 1 aromatic rings. The monoisotopic (exact) mass is 258 g/mol. The van der Waals surface area contributed by atoms with Crippen LogP contribution in [0.15, 0.2) is 40.5 Å². The predicted octanol–water partition coefficient (Wildman–Crippen LogP) is 2.15. The van der Waals surface area contributed by atoms with E-state index in [1.807, 2.05) is 25.1 Å². The van der Waals surface area contributed by atoms with Gasteiger partial charge in [-0.2, -0.15) is 10.2 Å². The summed E-state index contributed by atoms with van der Waals surface area (Å²) in [6.45, 7) is 4.91. The van der Waals surface area contributed by atoms with Gasteiger partial charge in [-0.05, 0) is 26.0 Å². The highest BCUT2D eigenvalue weighted by atomic mass is 16.2.